The number of carbonyl (C=O) groups is 2. The smallest absolute Gasteiger partial charge is 0.193 e. The number of fused-ring (bicyclic) bond motifs is 7. The second kappa shape index (κ2) is 4.83. The summed E-state index contributed by atoms with van der Waals surface area (Å²) < 4.78 is 5.72. The molecule has 0 unspecified atom stereocenters. The third-order valence-corrected chi connectivity index (χ3v) is 9.00. The lowest BCUT2D eigenvalue weighted by atomic mass is 9.46. The fourth-order valence-electron chi connectivity index (χ4n) is 7.53. The maximum atomic E-state index is 12.5. The van der Waals surface area contributed by atoms with Crippen LogP contribution in [-0.4, -0.2) is 35.0 Å². The van der Waals surface area contributed by atoms with E-state index in [9.17, 15) is 14.7 Å². The van der Waals surface area contributed by atoms with E-state index in [0.29, 0.717) is 24.2 Å². The molecule has 4 aliphatic carbocycles. The van der Waals surface area contributed by atoms with E-state index >= 15 is 0 Å². The first kappa shape index (κ1) is 16.2. The Morgan fingerprint density at radius 3 is 2.72 bits per heavy atom. The summed E-state index contributed by atoms with van der Waals surface area (Å²) >= 11 is 0. The van der Waals surface area contributed by atoms with Crippen molar-refractivity contribution in [3.8, 4) is 0 Å². The van der Waals surface area contributed by atoms with Crippen LogP contribution in [0, 0.1) is 28.6 Å². The molecule has 1 aliphatic heterocycles. The summed E-state index contributed by atoms with van der Waals surface area (Å²) in [5.74, 6) is 1.62. The van der Waals surface area contributed by atoms with E-state index in [2.05, 4.69) is 13.8 Å². The van der Waals surface area contributed by atoms with Crippen LogP contribution in [0.1, 0.15) is 58.8 Å². The van der Waals surface area contributed by atoms with Crippen molar-refractivity contribution in [2.75, 3.05) is 6.61 Å². The van der Waals surface area contributed by atoms with Gasteiger partial charge in [0.2, 0.25) is 0 Å². The third-order valence-electron chi connectivity index (χ3n) is 9.00. The minimum atomic E-state index is -1.28. The number of aliphatic hydroxyl groups is 1. The van der Waals surface area contributed by atoms with Crippen LogP contribution < -0.4 is 0 Å². The van der Waals surface area contributed by atoms with E-state index < -0.39 is 5.60 Å². The number of Topliss-reactive ketones (excluding diaryl/α,β-unsaturated/α-hetero) is 1. The van der Waals surface area contributed by atoms with Gasteiger partial charge in [0.1, 0.15) is 6.61 Å². The van der Waals surface area contributed by atoms with Gasteiger partial charge in [0.25, 0.3) is 0 Å². The molecule has 1 saturated heterocycles. The van der Waals surface area contributed by atoms with Crippen LogP contribution in [0.3, 0.4) is 0 Å². The van der Waals surface area contributed by atoms with E-state index in [1.54, 1.807) is 0 Å². The third kappa shape index (κ3) is 1.76. The van der Waals surface area contributed by atoms with Crippen molar-refractivity contribution in [3.05, 3.63) is 11.6 Å². The fraction of sp³-hybridized carbons (Fsp3) is 0.810. The van der Waals surface area contributed by atoms with Crippen molar-refractivity contribution in [1.29, 1.82) is 0 Å². The molecule has 0 aromatic heterocycles. The van der Waals surface area contributed by atoms with Gasteiger partial charge in [0.05, 0.1) is 6.10 Å². The molecule has 3 saturated carbocycles. The largest absolute Gasteiger partial charge is 0.379 e. The van der Waals surface area contributed by atoms with Crippen molar-refractivity contribution in [1.82, 2.24) is 0 Å². The SMILES string of the molecule is C[C@]12CCC(=O)C=C1CC[C@H]1[C@H]2CC[C@@]2(C)[C@@H]1C[C@@H]1OCC(=O)[C@]12O. The number of rotatable bonds is 0. The van der Waals surface area contributed by atoms with Crippen molar-refractivity contribution in [3.63, 3.8) is 0 Å². The van der Waals surface area contributed by atoms with Crippen LogP contribution in [0.5, 0.6) is 0 Å². The van der Waals surface area contributed by atoms with Crippen molar-refractivity contribution in [2.45, 2.75) is 70.5 Å². The zero-order valence-electron chi connectivity index (χ0n) is 15.2. The van der Waals surface area contributed by atoms with E-state index in [4.69, 9.17) is 4.74 Å². The molecule has 0 bridgehead atoms. The molecule has 1 heterocycles. The maximum Gasteiger partial charge on any atom is 0.193 e. The summed E-state index contributed by atoms with van der Waals surface area (Å²) in [5.41, 5.74) is -0.141. The zero-order valence-corrected chi connectivity index (χ0v) is 15.2. The van der Waals surface area contributed by atoms with Gasteiger partial charge in [-0.2, -0.15) is 0 Å². The zero-order chi connectivity index (χ0) is 17.6. The molecular formula is C21H28O4. The molecule has 0 amide bonds. The van der Waals surface area contributed by atoms with E-state index in [-0.39, 0.29) is 35.1 Å². The molecule has 4 fully saturated rings. The molecule has 0 radical (unpaired) electrons. The van der Waals surface area contributed by atoms with Gasteiger partial charge in [0, 0.05) is 11.8 Å². The van der Waals surface area contributed by atoms with Crippen molar-refractivity contribution < 1.29 is 19.4 Å². The van der Waals surface area contributed by atoms with Crippen LogP contribution in [0.4, 0.5) is 0 Å². The Hall–Kier alpha value is -1.00. The maximum absolute atomic E-state index is 12.5. The number of hydrogen-bond donors (Lipinski definition) is 1. The summed E-state index contributed by atoms with van der Waals surface area (Å²) in [6.45, 7) is 4.57. The van der Waals surface area contributed by atoms with Gasteiger partial charge in [-0.3, -0.25) is 9.59 Å². The lowest BCUT2D eigenvalue weighted by Crippen LogP contribution is -2.58. The molecule has 0 spiro atoms. The van der Waals surface area contributed by atoms with Crippen molar-refractivity contribution >= 4 is 11.6 Å². The molecule has 0 aromatic carbocycles. The molecule has 0 aromatic rings. The molecule has 1 N–H and O–H groups in total. The van der Waals surface area contributed by atoms with Crippen LogP contribution in [0.15, 0.2) is 11.6 Å². The Labute approximate surface area is 149 Å². The molecule has 136 valence electrons. The molecular weight excluding hydrogens is 316 g/mol. The lowest BCUT2D eigenvalue weighted by molar-refractivity contribution is -0.159. The molecule has 4 heteroatoms. The Balaban J connectivity index is 1.53. The Morgan fingerprint density at radius 1 is 1.12 bits per heavy atom. The Morgan fingerprint density at radius 2 is 1.92 bits per heavy atom. The highest BCUT2D eigenvalue weighted by molar-refractivity contribution is 5.92. The quantitative estimate of drug-likeness (QED) is 0.734. The number of ether oxygens (including phenoxy) is 1. The predicted molar refractivity (Wildman–Crippen MR) is 91.8 cm³/mol. The number of hydrogen-bond acceptors (Lipinski definition) is 4. The first-order chi connectivity index (χ1) is 11.8. The van der Waals surface area contributed by atoms with Crippen LogP contribution in [-0.2, 0) is 14.3 Å². The number of carbonyl (C=O) groups excluding carboxylic acids is 2. The average molecular weight is 344 g/mol. The summed E-state index contributed by atoms with van der Waals surface area (Å²) in [6, 6.07) is 0. The Bertz CT molecular complexity index is 696. The summed E-state index contributed by atoms with van der Waals surface area (Å²) in [4.78, 5) is 24.4. The number of allylic oxidation sites excluding steroid dienone is 1. The van der Waals surface area contributed by atoms with Gasteiger partial charge in [-0.15, -0.1) is 0 Å². The van der Waals surface area contributed by atoms with Gasteiger partial charge >= 0.3 is 0 Å². The molecule has 7 atom stereocenters. The highest BCUT2D eigenvalue weighted by Gasteiger charge is 2.72. The summed E-state index contributed by atoms with van der Waals surface area (Å²) in [6.07, 6.45) is 8.06. The van der Waals surface area contributed by atoms with Crippen LogP contribution >= 0.6 is 0 Å². The van der Waals surface area contributed by atoms with Crippen molar-refractivity contribution in [2.24, 2.45) is 28.6 Å². The average Bonchev–Trinajstić information content (AvgIpc) is 2.99. The molecule has 5 aliphatic rings. The lowest BCUT2D eigenvalue weighted by Gasteiger charge is -2.58. The first-order valence-corrected chi connectivity index (χ1v) is 9.92. The van der Waals surface area contributed by atoms with Gasteiger partial charge in [-0.25, -0.2) is 0 Å². The molecule has 4 nitrogen and oxygen atoms in total. The minimum Gasteiger partial charge on any atom is -0.379 e. The second-order valence-electron chi connectivity index (χ2n) is 9.65. The van der Waals surface area contributed by atoms with Crippen LogP contribution in [0.2, 0.25) is 0 Å². The monoisotopic (exact) mass is 344 g/mol. The molecule has 5 rings (SSSR count). The van der Waals surface area contributed by atoms with E-state index in [1.807, 2.05) is 6.08 Å². The van der Waals surface area contributed by atoms with E-state index in [1.165, 1.54) is 5.57 Å². The Kier molecular flexibility index (Phi) is 3.13. The fourth-order valence-corrected chi connectivity index (χ4v) is 7.53. The minimum absolute atomic E-state index is 0.0737. The first-order valence-electron chi connectivity index (χ1n) is 9.92. The molecule has 25 heavy (non-hydrogen) atoms. The standard InChI is InChI=1S/C21H28O4/c1-19-7-5-13(22)9-12(19)3-4-14-15(19)6-8-20(2)16(14)10-18-21(20,24)17(23)11-25-18/h9,14-16,18,24H,3-8,10-11H2,1-2H3/t14-,15+,16+,18-,19-,20-,21-/m0/s1. The van der Waals surface area contributed by atoms with Crippen LogP contribution in [0.25, 0.3) is 0 Å². The predicted octanol–water partition coefficient (Wildman–Crippen LogP) is 2.83. The van der Waals surface area contributed by atoms with Gasteiger partial charge in [0.15, 0.2) is 17.2 Å². The highest BCUT2D eigenvalue weighted by atomic mass is 16.5. The highest BCUT2D eigenvalue weighted by Crippen LogP contribution is 2.68. The van der Waals surface area contributed by atoms with Gasteiger partial charge < -0.3 is 9.84 Å². The topological polar surface area (TPSA) is 63.6 Å². The van der Waals surface area contributed by atoms with Gasteiger partial charge in [-0.1, -0.05) is 19.4 Å². The summed E-state index contributed by atoms with van der Waals surface area (Å²) in [7, 11) is 0. The second-order valence-corrected chi connectivity index (χ2v) is 9.65. The number of ketones is 2. The summed E-state index contributed by atoms with van der Waals surface area (Å²) in [5, 5.41) is 11.3. The van der Waals surface area contributed by atoms with E-state index in [0.717, 1.165) is 38.5 Å². The normalized spacial score (nSPS) is 54.4. The van der Waals surface area contributed by atoms with Gasteiger partial charge in [-0.05, 0) is 67.8 Å².